The first kappa shape index (κ1) is 15.5. The van der Waals surface area contributed by atoms with E-state index in [2.05, 4.69) is 34.7 Å². The first-order valence-corrected chi connectivity index (χ1v) is 7.03. The monoisotopic (exact) mass is 315 g/mol. The zero-order valence-corrected chi connectivity index (χ0v) is 13.1. The largest absolute Gasteiger partial charge is 0.389 e. The summed E-state index contributed by atoms with van der Waals surface area (Å²) >= 11 is 3.45. The Morgan fingerprint density at radius 2 is 2.06 bits per heavy atom. The Kier molecular flexibility index (Phi) is 6.12. The van der Waals surface area contributed by atoms with Gasteiger partial charge in [0.15, 0.2) is 0 Å². The molecule has 3 nitrogen and oxygen atoms in total. The van der Waals surface area contributed by atoms with E-state index in [4.69, 9.17) is 4.74 Å². The summed E-state index contributed by atoms with van der Waals surface area (Å²) in [5.41, 5.74) is 2.01. The Morgan fingerprint density at radius 1 is 1.39 bits per heavy atom. The molecule has 0 aromatic heterocycles. The van der Waals surface area contributed by atoms with Crippen molar-refractivity contribution in [2.45, 2.75) is 32.9 Å². The summed E-state index contributed by atoms with van der Waals surface area (Å²) in [4.78, 5) is 2.25. The Hall–Kier alpha value is -0.580. The van der Waals surface area contributed by atoms with Crippen LogP contribution in [0.1, 0.15) is 32.4 Å². The van der Waals surface area contributed by atoms with Gasteiger partial charge in [0.05, 0.1) is 12.7 Å². The lowest BCUT2D eigenvalue weighted by Crippen LogP contribution is -2.36. The maximum atomic E-state index is 9.91. The van der Waals surface area contributed by atoms with E-state index in [-0.39, 0.29) is 6.04 Å². The van der Waals surface area contributed by atoms with Crippen molar-refractivity contribution >= 4 is 21.6 Å². The van der Waals surface area contributed by atoms with E-state index < -0.39 is 6.10 Å². The standard InChI is InChI=1S/C14H22BrNO2/c1-5-16(10(2)9-18-4)14-7-6-12(15)8-13(14)11(3)17/h6-8,10-11,17H,5,9H2,1-4H3. The lowest BCUT2D eigenvalue weighted by Gasteiger charge is -2.32. The molecule has 0 saturated heterocycles. The zero-order valence-electron chi connectivity index (χ0n) is 11.5. The minimum atomic E-state index is -0.485. The molecule has 0 amide bonds. The van der Waals surface area contributed by atoms with Gasteiger partial charge in [-0.05, 0) is 39.0 Å². The minimum Gasteiger partial charge on any atom is -0.389 e. The van der Waals surface area contributed by atoms with Crippen LogP contribution in [-0.4, -0.2) is 31.4 Å². The van der Waals surface area contributed by atoms with Crippen LogP contribution in [0.15, 0.2) is 22.7 Å². The van der Waals surface area contributed by atoms with Crippen molar-refractivity contribution in [2.75, 3.05) is 25.2 Å². The molecule has 1 N–H and O–H groups in total. The van der Waals surface area contributed by atoms with Gasteiger partial charge in [-0.2, -0.15) is 0 Å². The third kappa shape index (κ3) is 3.70. The number of hydrogen-bond donors (Lipinski definition) is 1. The predicted molar refractivity (Wildman–Crippen MR) is 79.1 cm³/mol. The molecule has 1 aromatic carbocycles. The Morgan fingerprint density at radius 3 is 2.56 bits per heavy atom. The molecule has 0 radical (unpaired) electrons. The van der Waals surface area contributed by atoms with E-state index in [1.807, 2.05) is 18.2 Å². The number of aliphatic hydroxyl groups excluding tert-OH is 1. The minimum absolute atomic E-state index is 0.277. The molecule has 2 atom stereocenters. The fourth-order valence-corrected chi connectivity index (χ4v) is 2.55. The van der Waals surface area contributed by atoms with Crippen LogP contribution in [0.25, 0.3) is 0 Å². The van der Waals surface area contributed by atoms with Crippen LogP contribution < -0.4 is 4.90 Å². The fraction of sp³-hybridized carbons (Fsp3) is 0.571. The molecule has 1 aromatic rings. The second-order valence-corrected chi connectivity index (χ2v) is 5.39. The second-order valence-electron chi connectivity index (χ2n) is 4.47. The van der Waals surface area contributed by atoms with Gasteiger partial charge >= 0.3 is 0 Å². The number of nitrogens with zero attached hydrogens (tertiary/aromatic N) is 1. The SMILES string of the molecule is CCN(c1ccc(Br)cc1C(C)O)C(C)COC. The third-order valence-electron chi connectivity index (χ3n) is 3.03. The van der Waals surface area contributed by atoms with E-state index in [0.717, 1.165) is 22.3 Å². The first-order valence-electron chi connectivity index (χ1n) is 6.24. The number of likely N-dealkylation sites (N-methyl/N-ethyl adjacent to an activating group) is 1. The zero-order chi connectivity index (χ0) is 13.7. The van der Waals surface area contributed by atoms with Crippen LogP contribution in [0.3, 0.4) is 0 Å². The van der Waals surface area contributed by atoms with Crippen LogP contribution in [0.2, 0.25) is 0 Å². The average Bonchev–Trinajstić information content (AvgIpc) is 2.32. The second kappa shape index (κ2) is 7.12. The molecule has 18 heavy (non-hydrogen) atoms. The number of aliphatic hydroxyl groups is 1. The maximum absolute atomic E-state index is 9.91. The topological polar surface area (TPSA) is 32.7 Å². The van der Waals surface area contributed by atoms with Gasteiger partial charge in [-0.25, -0.2) is 0 Å². The number of halogens is 1. The van der Waals surface area contributed by atoms with E-state index in [0.29, 0.717) is 6.61 Å². The van der Waals surface area contributed by atoms with Crippen molar-refractivity contribution in [3.05, 3.63) is 28.2 Å². The van der Waals surface area contributed by atoms with Crippen molar-refractivity contribution in [2.24, 2.45) is 0 Å². The van der Waals surface area contributed by atoms with Crippen LogP contribution in [0, 0.1) is 0 Å². The first-order chi connectivity index (χ1) is 8.51. The van der Waals surface area contributed by atoms with Crippen LogP contribution in [0.4, 0.5) is 5.69 Å². The summed E-state index contributed by atoms with van der Waals surface area (Å²) in [5.74, 6) is 0. The Balaban J connectivity index is 3.12. The quantitative estimate of drug-likeness (QED) is 0.873. The van der Waals surface area contributed by atoms with Gasteiger partial charge in [0, 0.05) is 35.4 Å². The molecule has 0 aliphatic carbocycles. The maximum Gasteiger partial charge on any atom is 0.0782 e. The van der Waals surface area contributed by atoms with Crippen molar-refractivity contribution < 1.29 is 9.84 Å². The van der Waals surface area contributed by atoms with Crippen molar-refractivity contribution in [1.82, 2.24) is 0 Å². The van der Waals surface area contributed by atoms with Crippen LogP contribution >= 0.6 is 15.9 Å². The highest BCUT2D eigenvalue weighted by Crippen LogP contribution is 2.30. The normalized spacial score (nSPS) is 14.3. The molecule has 0 fully saturated rings. The smallest absolute Gasteiger partial charge is 0.0782 e. The molecule has 0 aliphatic heterocycles. The molecule has 0 spiro atoms. The van der Waals surface area contributed by atoms with Crippen LogP contribution in [0.5, 0.6) is 0 Å². The lowest BCUT2D eigenvalue weighted by molar-refractivity contribution is 0.180. The summed E-state index contributed by atoms with van der Waals surface area (Å²) in [5, 5.41) is 9.91. The Bertz CT molecular complexity index is 382. The van der Waals surface area contributed by atoms with Gasteiger partial charge in [0.25, 0.3) is 0 Å². The summed E-state index contributed by atoms with van der Waals surface area (Å²) in [6.07, 6.45) is -0.485. The van der Waals surface area contributed by atoms with Crippen molar-refractivity contribution in [3.8, 4) is 0 Å². The number of rotatable bonds is 6. The molecule has 0 aliphatic rings. The van der Waals surface area contributed by atoms with Gasteiger partial charge in [0.1, 0.15) is 0 Å². The fourth-order valence-electron chi connectivity index (χ4n) is 2.17. The van der Waals surface area contributed by atoms with Gasteiger partial charge in [-0.15, -0.1) is 0 Å². The molecule has 0 saturated carbocycles. The molecule has 0 bridgehead atoms. The highest BCUT2D eigenvalue weighted by Gasteiger charge is 2.18. The lowest BCUT2D eigenvalue weighted by atomic mass is 10.1. The van der Waals surface area contributed by atoms with Gasteiger partial charge in [-0.1, -0.05) is 15.9 Å². The molecule has 0 heterocycles. The molecular formula is C14H22BrNO2. The molecule has 4 heteroatoms. The number of hydrogen-bond acceptors (Lipinski definition) is 3. The van der Waals surface area contributed by atoms with Gasteiger partial charge < -0.3 is 14.7 Å². The van der Waals surface area contributed by atoms with E-state index in [9.17, 15) is 5.11 Å². The third-order valence-corrected chi connectivity index (χ3v) is 3.52. The van der Waals surface area contributed by atoms with Gasteiger partial charge in [0.2, 0.25) is 0 Å². The number of ether oxygens (including phenoxy) is 1. The predicted octanol–water partition coefficient (Wildman–Crippen LogP) is 3.36. The Labute approximate surface area is 118 Å². The molecule has 1 rings (SSSR count). The van der Waals surface area contributed by atoms with Crippen molar-refractivity contribution in [1.29, 1.82) is 0 Å². The summed E-state index contributed by atoms with van der Waals surface area (Å²) in [6, 6.07) is 6.30. The summed E-state index contributed by atoms with van der Waals surface area (Å²) in [7, 11) is 1.71. The number of anilines is 1. The highest BCUT2D eigenvalue weighted by molar-refractivity contribution is 9.10. The van der Waals surface area contributed by atoms with Crippen molar-refractivity contribution in [3.63, 3.8) is 0 Å². The number of methoxy groups -OCH3 is 1. The summed E-state index contributed by atoms with van der Waals surface area (Å²) < 4.78 is 6.20. The van der Waals surface area contributed by atoms with E-state index >= 15 is 0 Å². The molecular weight excluding hydrogens is 294 g/mol. The van der Waals surface area contributed by atoms with Gasteiger partial charge in [-0.3, -0.25) is 0 Å². The summed E-state index contributed by atoms with van der Waals surface area (Å²) in [6.45, 7) is 7.58. The van der Waals surface area contributed by atoms with E-state index in [1.54, 1.807) is 14.0 Å². The molecule has 102 valence electrons. The van der Waals surface area contributed by atoms with E-state index in [1.165, 1.54) is 0 Å². The van der Waals surface area contributed by atoms with Crippen LogP contribution in [-0.2, 0) is 4.74 Å². The highest BCUT2D eigenvalue weighted by atomic mass is 79.9. The number of benzene rings is 1. The molecule has 2 unspecified atom stereocenters. The average molecular weight is 316 g/mol.